The number of rotatable bonds is 22. The minimum Gasteiger partial charge on any atom is -0.493 e. The van der Waals surface area contributed by atoms with Gasteiger partial charge in [-0.1, -0.05) is 123 Å². The Morgan fingerprint density at radius 2 is 0.748 bits per heavy atom. The SMILES string of the molecule is CCOC(=O)c1cn(N2C(c3cc(OCc4ccccc4)c(OC)cc3Br)CCC2(C)C)ccc1=O.CCOC(=O)c1cn(N2C(c3cc(OCc4ccccc4)c(OC)cc3Br)CCC2(C)C)ccc1=O.CCOC(=O)c1cn2c(cc1=O)-c1cc(OC)c(OCc3ccccc3)cc1C1CCC(C)(C)N12. The number of fused-ring (bicyclic) bond motifs is 6. The molecule has 562 valence electrons. The van der Waals surface area contributed by atoms with Crippen molar-refractivity contribution in [1.29, 1.82) is 0 Å². The van der Waals surface area contributed by atoms with Crippen molar-refractivity contribution in [2.24, 2.45) is 0 Å². The van der Waals surface area contributed by atoms with E-state index in [1.54, 1.807) is 73.1 Å². The lowest BCUT2D eigenvalue weighted by Gasteiger charge is -2.44. The van der Waals surface area contributed by atoms with Gasteiger partial charge in [0.2, 0.25) is 0 Å². The molecule has 0 N–H and O–H groups in total. The summed E-state index contributed by atoms with van der Waals surface area (Å²) in [4.78, 5) is 75.1. The summed E-state index contributed by atoms with van der Waals surface area (Å²) >= 11 is 7.48. The van der Waals surface area contributed by atoms with Crippen LogP contribution in [0, 0.1) is 0 Å². The lowest BCUT2D eigenvalue weighted by molar-refractivity contribution is 0.0514. The number of carbonyl (C=O) groups excluding carboxylic acids is 3. The van der Waals surface area contributed by atoms with Gasteiger partial charge in [0.25, 0.3) is 0 Å². The normalized spacial score (nSPS) is 16.8. The quantitative estimate of drug-likeness (QED) is 0.0456. The molecular formula is C84H92Br2N6O15. The highest BCUT2D eigenvalue weighted by Crippen LogP contribution is 2.52. The number of carbonyl (C=O) groups is 3. The van der Waals surface area contributed by atoms with Gasteiger partial charge in [0, 0.05) is 63.7 Å². The fourth-order valence-electron chi connectivity index (χ4n) is 14.6. The Morgan fingerprint density at radius 3 is 1.11 bits per heavy atom. The molecule has 13 rings (SSSR count). The first-order valence-electron chi connectivity index (χ1n) is 35.9. The van der Waals surface area contributed by atoms with Gasteiger partial charge in [-0.3, -0.25) is 33.4 Å². The molecule has 23 heteroatoms. The Hall–Kier alpha value is -10.3. The van der Waals surface area contributed by atoms with E-state index in [9.17, 15) is 28.8 Å². The molecule has 4 aliphatic rings. The highest BCUT2D eigenvalue weighted by Gasteiger charge is 2.47. The molecule has 21 nitrogen and oxygen atoms in total. The highest BCUT2D eigenvalue weighted by atomic mass is 79.9. The number of aromatic nitrogens is 3. The number of nitrogens with zero attached hydrogens (tertiary/aromatic N) is 6. The molecule has 0 spiro atoms. The zero-order valence-corrected chi connectivity index (χ0v) is 65.7. The molecule has 0 amide bonds. The highest BCUT2D eigenvalue weighted by molar-refractivity contribution is 9.10. The summed E-state index contributed by atoms with van der Waals surface area (Å²) in [5.41, 5.74) is 6.29. The van der Waals surface area contributed by atoms with Crippen molar-refractivity contribution in [1.82, 2.24) is 14.0 Å². The lowest BCUT2D eigenvalue weighted by atomic mass is 9.93. The number of hydrogen-bond donors (Lipinski definition) is 0. The average Bonchev–Trinajstić information content (AvgIpc) is 1.62. The van der Waals surface area contributed by atoms with E-state index < -0.39 is 17.9 Å². The van der Waals surface area contributed by atoms with Crippen LogP contribution in [0.2, 0.25) is 0 Å². The third-order valence-electron chi connectivity index (χ3n) is 19.9. The smallest absolute Gasteiger partial charge is 0.343 e. The van der Waals surface area contributed by atoms with E-state index in [4.69, 9.17) is 42.6 Å². The van der Waals surface area contributed by atoms with Crippen LogP contribution in [0.25, 0.3) is 11.3 Å². The zero-order valence-electron chi connectivity index (χ0n) is 62.5. The number of methoxy groups -OCH3 is 3. The van der Waals surface area contributed by atoms with Crippen molar-refractivity contribution in [2.75, 3.05) is 56.2 Å². The molecular weight excluding hydrogens is 1490 g/mol. The predicted molar refractivity (Wildman–Crippen MR) is 418 cm³/mol. The fourth-order valence-corrected chi connectivity index (χ4v) is 15.8. The van der Waals surface area contributed by atoms with Gasteiger partial charge in [-0.15, -0.1) is 0 Å². The van der Waals surface area contributed by atoms with Crippen LogP contribution in [0.4, 0.5) is 0 Å². The van der Waals surface area contributed by atoms with Gasteiger partial charge in [-0.25, -0.2) is 14.4 Å². The molecule has 3 unspecified atom stereocenters. The predicted octanol–water partition coefficient (Wildman–Crippen LogP) is 16.1. The largest absolute Gasteiger partial charge is 0.493 e. The molecule has 3 fully saturated rings. The van der Waals surface area contributed by atoms with Crippen LogP contribution in [-0.2, 0) is 34.0 Å². The third-order valence-corrected chi connectivity index (χ3v) is 21.2. The molecule has 6 aromatic carbocycles. The Labute approximate surface area is 640 Å². The van der Waals surface area contributed by atoms with Gasteiger partial charge in [0.1, 0.15) is 36.5 Å². The van der Waals surface area contributed by atoms with Gasteiger partial charge >= 0.3 is 17.9 Å². The Bertz CT molecular complexity index is 4670. The van der Waals surface area contributed by atoms with Crippen molar-refractivity contribution in [3.63, 3.8) is 0 Å². The first kappa shape index (κ1) is 77.8. The molecule has 4 aliphatic heterocycles. The Kier molecular flexibility index (Phi) is 24.5. The average molecular weight is 1590 g/mol. The summed E-state index contributed by atoms with van der Waals surface area (Å²) in [5.74, 6) is 2.00. The van der Waals surface area contributed by atoms with Crippen LogP contribution in [0.15, 0.2) is 200 Å². The van der Waals surface area contributed by atoms with Gasteiger partial charge in [-0.05, 0) is 171 Å². The molecule has 107 heavy (non-hydrogen) atoms. The first-order valence-corrected chi connectivity index (χ1v) is 37.5. The summed E-state index contributed by atoms with van der Waals surface area (Å²) in [7, 11) is 4.86. The maximum atomic E-state index is 13.0. The number of ether oxygens (including phenoxy) is 9. The van der Waals surface area contributed by atoms with E-state index in [1.807, 2.05) is 141 Å². The van der Waals surface area contributed by atoms with Crippen LogP contribution in [0.3, 0.4) is 0 Å². The van der Waals surface area contributed by atoms with Crippen LogP contribution in [-0.4, -0.2) is 89.7 Å². The van der Waals surface area contributed by atoms with Gasteiger partial charge in [0.15, 0.2) is 50.8 Å². The molecule has 0 bridgehead atoms. The standard InChI is InChI=1S/2C28H31BrN2O5.C28H30N2O5/c2*1-5-35-27(33)21-17-30(14-12-24(21)32)31-23(11-13-28(31,2)3)20-15-26(25(34-4)16-22(20)29)36-18-19-9-7-6-8-10-19;1-5-34-27(32)21-16-29-23(15-24(21)31)20-13-25(33-4)26(35-17-18-9-7-6-8-10-18)14-19(20)22-11-12-28(2,3)30(22)29/h2*6-10,12,14-17,23H,5,11,13,18H2,1-4H3;6-10,13-16,22H,5,11-12,17H2,1-4H3. The summed E-state index contributed by atoms with van der Waals surface area (Å²) in [6.07, 6.45) is 13.7. The monoisotopic (exact) mass is 1580 g/mol. The van der Waals surface area contributed by atoms with Crippen molar-refractivity contribution in [3.8, 4) is 45.8 Å². The van der Waals surface area contributed by atoms with E-state index in [0.29, 0.717) is 54.3 Å². The summed E-state index contributed by atoms with van der Waals surface area (Å²) < 4.78 is 58.2. The fraction of sp³-hybridized carbons (Fsp3) is 0.357. The van der Waals surface area contributed by atoms with Crippen molar-refractivity contribution >= 4 is 49.8 Å². The van der Waals surface area contributed by atoms with Gasteiger partial charge in [-0.2, -0.15) is 0 Å². The van der Waals surface area contributed by atoms with Crippen LogP contribution < -0.4 is 59.7 Å². The Balaban J connectivity index is 0.000000160. The first-order chi connectivity index (χ1) is 51.3. The maximum absolute atomic E-state index is 13.0. The van der Waals surface area contributed by atoms with Crippen molar-refractivity contribution in [2.45, 2.75) is 155 Å². The van der Waals surface area contributed by atoms with Crippen LogP contribution in [0.1, 0.15) is 183 Å². The van der Waals surface area contributed by atoms with Gasteiger partial charge < -0.3 is 52.6 Å². The second-order valence-corrected chi connectivity index (χ2v) is 30.0. The summed E-state index contributed by atoms with van der Waals surface area (Å²) in [6.45, 7) is 20.0. The van der Waals surface area contributed by atoms with E-state index in [2.05, 4.69) is 88.4 Å². The minimum absolute atomic E-state index is 0.0153. The molecule has 3 saturated heterocycles. The number of hydrogen-bond acceptors (Lipinski definition) is 18. The van der Waals surface area contributed by atoms with E-state index in [-0.39, 0.29) is 87.5 Å². The molecule has 9 aromatic rings. The summed E-state index contributed by atoms with van der Waals surface area (Å²) in [5, 5.41) is 6.66. The van der Waals surface area contributed by atoms with Crippen molar-refractivity contribution in [3.05, 3.63) is 266 Å². The number of esters is 3. The van der Waals surface area contributed by atoms with E-state index in [1.165, 1.54) is 18.2 Å². The Morgan fingerprint density at radius 1 is 0.411 bits per heavy atom. The number of benzene rings is 6. The van der Waals surface area contributed by atoms with E-state index in [0.717, 1.165) is 92.1 Å². The van der Waals surface area contributed by atoms with E-state index >= 15 is 0 Å². The second kappa shape index (κ2) is 33.7. The third kappa shape index (κ3) is 17.1. The molecule has 3 aromatic heterocycles. The molecule has 0 saturated carbocycles. The maximum Gasteiger partial charge on any atom is 0.343 e. The lowest BCUT2D eigenvalue weighted by Crippen LogP contribution is -2.50. The number of pyridine rings is 3. The topological polar surface area (TPSA) is 210 Å². The minimum atomic E-state index is -0.618. The van der Waals surface area contributed by atoms with Crippen LogP contribution >= 0.6 is 31.9 Å². The van der Waals surface area contributed by atoms with Crippen molar-refractivity contribution < 1.29 is 57.0 Å². The van der Waals surface area contributed by atoms with Crippen LogP contribution in [0.5, 0.6) is 34.5 Å². The molecule has 7 heterocycles. The molecule has 0 radical (unpaired) electrons. The second-order valence-electron chi connectivity index (χ2n) is 28.2. The number of halogens is 2. The molecule has 0 aliphatic carbocycles. The molecule has 3 atom stereocenters. The zero-order chi connectivity index (χ0) is 76.5. The summed E-state index contributed by atoms with van der Waals surface area (Å²) in [6, 6.07) is 46.1. The van der Waals surface area contributed by atoms with Gasteiger partial charge in [0.05, 0.1) is 81.6 Å².